The van der Waals surface area contributed by atoms with Gasteiger partial charge in [0.15, 0.2) is 11.5 Å². The Bertz CT molecular complexity index is 1370. The van der Waals surface area contributed by atoms with E-state index in [1.54, 1.807) is 7.11 Å². The molecule has 0 aliphatic heterocycles. The highest BCUT2D eigenvalue weighted by molar-refractivity contribution is 5.90. The molecule has 1 aromatic heterocycles. The quantitative estimate of drug-likeness (QED) is 0.211. The van der Waals surface area contributed by atoms with Gasteiger partial charge in [-0.2, -0.15) is 4.98 Å². The Morgan fingerprint density at radius 2 is 1.62 bits per heavy atom. The number of aromatic nitrogens is 2. The smallest absolute Gasteiger partial charge is 0.225 e. The summed E-state index contributed by atoms with van der Waals surface area (Å²) in [6, 6.07) is 25.1. The lowest BCUT2D eigenvalue weighted by Gasteiger charge is -2.29. The van der Waals surface area contributed by atoms with Crippen LogP contribution in [0.25, 0.3) is 10.9 Å². The normalized spacial score (nSPS) is 17.0. The fourth-order valence-electron chi connectivity index (χ4n) is 5.42. The van der Waals surface area contributed by atoms with E-state index in [1.165, 1.54) is 18.4 Å². The van der Waals surface area contributed by atoms with Crippen LogP contribution in [0.4, 0.5) is 11.8 Å². The van der Waals surface area contributed by atoms with E-state index in [-0.39, 0.29) is 0 Å². The molecule has 7 heteroatoms. The monoisotopic (exact) mass is 539 g/mol. The van der Waals surface area contributed by atoms with Crippen LogP contribution < -0.4 is 25.0 Å². The standard InChI is InChI=1S/C33H41N5O2/c1-38(2)32-28-11-7-8-12-29(28)36-33(37-32)35-27-16-13-25(14-17-27)22-34-20-19-24-15-18-30(31(21-24)39-3)40-23-26-9-5-4-6-10-26/h4-12,15,18,21,25,27,34H,13-14,16-17,19-20,22-23H2,1-3H3,(H,35,36,37)/t25-,27+. The summed E-state index contributed by atoms with van der Waals surface area (Å²) in [6.45, 7) is 2.53. The summed E-state index contributed by atoms with van der Waals surface area (Å²) in [7, 11) is 5.76. The first-order chi connectivity index (χ1) is 19.6. The lowest BCUT2D eigenvalue weighted by molar-refractivity contribution is 0.284. The zero-order valence-corrected chi connectivity index (χ0v) is 23.9. The lowest BCUT2D eigenvalue weighted by Crippen LogP contribution is -2.32. The molecule has 1 saturated carbocycles. The predicted octanol–water partition coefficient (Wildman–Crippen LogP) is 6.09. The van der Waals surface area contributed by atoms with Crippen molar-refractivity contribution in [2.24, 2.45) is 5.92 Å². The van der Waals surface area contributed by atoms with Gasteiger partial charge >= 0.3 is 0 Å². The summed E-state index contributed by atoms with van der Waals surface area (Å²) in [5.41, 5.74) is 3.37. The summed E-state index contributed by atoms with van der Waals surface area (Å²) in [6.07, 6.45) is 5.66. The third-order valence-electron chi connectivity index (χ3n) is 7.68. The molecule has 0 radical (unpaired) electrons. The molecule has 0 saturated heterocycles. The van der Waals surface area contributed by atoms with Crippen molar-refractivity contribution in [3.63, 3.8) is 0 Å². The van der Waals surface area contributed by atoms with Crippen LogP contribution in [0, 0.1) is 5.92 Å². The maximum absolute atomic E-state index is 6.00. The molecular formula is C33H41N5O2. The van der Waals surface area contributed by atoms with Crippen molar-refractivity contribution in [3.05, 3.63) is 83.9 Å². The first-order valence-corrected chi connectivity index (χ1v) is 14.3. The topological polar surface area (TPSA) is 71.5 Å². The van der Waals surface area contributed by atoms with Crippen molar-refractivity contribution in [2.75, 3.05) is 44.5 Å². The number of benzene rings is 3. The van der Waals surface area contributed by atoms with Crippen molar-refractivity contribution >= 4 is 22.7 Å². The van der Waals surface area contributed by atoms with Gasteiger partial charge < -0.3 is 25.0 Å². The summed E-state index contributed by atoms with van der Waals surface area (Å²) in [5.74, 6) is 3.96. The van der Waals surface area contributed by atoms with Crippen LogP contribution in [0.5, 0.6) is 11.5 Å². The highest BCUT2D eigenvalue weighted by atomic mass is 16.5. The molecule has 0 bridgehead atoms. The van der Waals surface area contributed by atoms with Gasteiger partial charge in [-0.05, 0) is 86.5 Å². The maximum Gasteiger partial charge on any atom is 0.225 e. The predicted molar refractivity (Wildman–Crippen MR) is 164 cm³/mol. The van der Waals surface area contributed by atoms with E-state index in [0.29, 0.717) is 18.6 Å². The van der Waals surface area contributed by atoms with E-state index in [0.717, 1.165) is 72.1 Å². The fourth-order valence-corrected chi connectivity index (χ4v) is 5.42. The number of methoxy groups -OCH3 is 1. The van der Waals surface area contributed by atoms with Crippen molar-refractivity contribution < 1.29 is 9.47 Å². The molecule has 0 unspecified atom stereocenters. The Morgan fingerprint density at radius 3 is 2.40 bits per heavy atom. The van der Waals surface area contributed by atoms with Gasteiger partial charge in [0.1, 0.15) is 12.4 Å². The van der Waals surface area contributed by atoms with Gasteiger partial charge in [-0.1, -0.05) is 48.5 Å². The van der Waals surface area contributed by atoms with E-state index in [1.807, 2.05) is 50.5 Å². The maximum atomic E-state index is 6.00. The number of rotatable bonds is 12. The number of ether oxygens (including phenoxy) is 2. The minimum absolute atomic E-state index is 0.419. The van der Waals surface area contributed by atoms with Gasteiger partial charge in [-0.25, -0.2) is 4.98 Å². The Morgan fingerprint density at radius 1 is 0.850 bits per heavy atom. The van der Waals surface area contributed by atoms with Gasteiger partial charge in [-0.3, -0.25) is 0 Å². The molecule has 0 amide bonds. The number of nitrogens with one attached hydrogen (secondary N) is 2. The summed E-state index contributed by atoms with van der Waals surface area (Å²) < 4.78 is 11.6. The van der Waals surface area contributed by atoms with Crippen LogP contribution in [-0.4, -0.2) is 50.3 Å². The summed E-state index contributed by atoms with van der Waals surface area (Å²) in [4.78, 5) is 11.7. The molecule has 1 aliphatic rings. The average molecular weight is 540 g/mol. The molecule has 2 N–H and O–H groups in total. The minimum Gasteiger partial charge on any atom is -0.493 e. The number of hydrogen-bond acceptors (Lipinski definition) is 7. The van der Waals surface area contributed by atoms with E-state index in [2.05, 4.69) is 51.9 Å². The summed E-state index contributed by atoms with van der Waals surface area (Å²) >= 11 is 0. The van der Waals surface area contributed by atoms with Gasteiger partial charge in [0.25, 0.3) is 0 Å². The molecule has 7 nitrogen and oxygen atoms in total. The van der Waals surface area contributed by atoms with Crippen molar-refractivity contribution in [1.29, 1.82) is 0 Å². The van der Waals surface area contributed by atoms with Crippen LogP contribution >= 0.6 is 0 Å². The second kappa shape index (κ2) is 13.5. The Labute approximate surface area is 237 Å². The molecule has 1 aliphatic carbocycles. The van der Waals surface area contributed by atoms with Crippen molar-refractivity contribution in [1.82, 2.24) is 15.3 Å². The number of hydrogen-bond donors (Lipinski definition) is 2. The molecule has 1 fully saturated rings. The first-order valence-electron chi connectivity index (χ1n) is 14.3. The van der Waals surface area contributed by atoms with Crippen LogP contribution in [0.3, 0.4) is 0 Å². The molecular weight excluding hydrogens is 498 g/mol. The van der Waals surface area contributed by atoms with E-state index in [9.17, 15) is 0 Å². The molecule has 3 aromatic carbocycles. The molecule has 4 aromatic rings. The van der Waals surface area contributed by atoms with Crippen molar-refractivity contribution in [3.8, 4) is 11.5 Å². The van der Waals surface area contributed by atoms with Gasteiger partial charge in [0, 0.05) is 25.5 Å². The minimum atomic E-state index is 0.419. The largest absolute Gasteiger partial charge is 0.493 e. The van der Waals surface area contributed by atoms with Crippen molar-refractivity contribution in [2.45, 2.75) is 44.8 Å². The van der Waals surface area contributed by atoms with E-state index < -0.39 is 0 Å². The number of anilines is 2. The SMILES string of the molecule is COc1cc(CCNC[C@H]2CC[C@@H](Nc3nc(N(C)C)c4ccccc4n3)CC2)ccc1OCc1ccccc1. The van der Waals surface area contributed by atoms with Gasteiger partial charge in [0.2, 0.25) is 5.95 Å². The lowest BCUT2D eigenvalue weighted by atomic mass is 9.86. The molecule has 40 heavy (non-hydrogen) atoms. The molecule has 1 heterocycles. The molecule has 210 valence electrons. The Kier molecular flexibility index (Phi) is 9.34. The molecule has 0 atom stereocenters. The summed E-state index contributed by atoms with van der Waals surface area (Å²) in [5, 5.41) is 8.39. The molecule has 5 rings (SSSR count). The number of para-hydroxylation sites is 1. The zero-order chi connectivity index (χ0) is 27.7. The fraction of sp³-hybridized carbons (Fsp3) is 0.394. The van der Waals surface area contributed by atoms with Crippen LogP contribution in [0.15, 0.2) is 72.8 Å². The number of nitrogens with zero attached hydrogens (tertiary/aromatic N) is 3. The third kappa shape index (κ3) is 7.21. The zero-order valence-electron chi connectivity index (χ0n) is 23.9. The highest BCUT2D eigenvalue weighted by Gasteiger charge is 2.22. The third-order valence-corrected chi connectivity index (χ3v) is 7.68. The second-order valence-electron chi connectivity index (χ2n) is 10.9. The highest BCUT2D eigenvalue weighted by Crippen LogP contribution is 2.30. The van der Waals surface area contributed by atoms with Crippen LogP contribution in [-0.2, 0) is 13.0 Å². The number of fused-ring (bicyclic) bond motifs is 1. The first kappa shape index (κ1) is 27.7. The van der Waals surface area contributed by atoms with Crippen LogP contribution in [0.2, 0.25) is 0 Å². The molecule has 0 spiro atoms. The Balaban J connectivity index is 1.04. The van der Waals surface area contributed by atoms with E-state index in [4.69, 9.17) is 19.4 Å². The van der Waals surface area contributed by atoms with Crippen LogP contribution in [0.1, 0.15) is 36.8 Å². The second-order valence-corrected chi connectivity index (χ2v) is 10.9. The van der Waals surface area contributed by atoms with E-state index >= 15 is 0 Å². The van der Waals surface area contributed by atoms with Gasteiger partial charge in [-0.15, -0.1) is 0 Å². The Hall–Kier alpha value is -3.84. The average Bonchev–Trinajstić information content (AvgIpc) is 2.99. The van der Waals surface area contributed by atoms with Gasteiger partial charge in [0.05, 0.1) is 12.6 Å².